The van der Waals surface area contributed by atoms with E-state index in [9.17, 15) is 4.79 Å². The van der Waals surface area contributed by atoms with Crippen molar-refractivity contribution in [3.63, 3.8) is 0 Å². The Bertz CT molecular complexity index is 871. The second-order valence-electron chi connectivity index (χ2n) is 4.23. The molecule has 0 saturated carbocycles. The largest absolute Gasteiger partial charge is 0.447 e. The van der Waals surface area contributed by atoms with Crippen LogP contribution in [0.4, 0.5) is 11.5 Å². The molecule has 0 spiro atoms. The zero-order valence-electron chi connectivity index (χ0n) is 11.2. The van der Waals surface area contributed by atoms with Crippen molar-refractivity contribution in [1.82, 2.24) is 13.7 Å². The summed E-state index contributed by atoms with van der Waals surface area (Å²) in [5, 5.41) is 11.5. The highest BCUT2D eigenvalue weighted by atomic mass is 32.1. The number of pyridine rings is 1. The average molecular weight is 311 g/mol. The van der Waals surface area contributed by atoms with Crippen molar-refractivity contribution >= 4 is 40.2 Å². The lowest BCUT2D eigenvalue weighted by Gasteiger charge is -2.09. The molecule has 2 heterocycles. The third-order valence-electron chi connectivity index (χ3n) is 2.81. The molecule has 0 aliphatic carbocycles. The van der Waals surface area contributed by atoms with E-state index in [1.54, 1.807) is 24.4 Å². The second-order valence-corrected chi connectivity index (χ2v) is 4.75. The van der Waals surface area contributed by atoms with Crippen LogP contribution in [0.15, 0.2) is 36.5 Å². The first-order valence-corrected chi connectivity index (χ1v) is 6.99. The third-order valence-corrected chi connectivity index (χ3v) is 3.37. The Morgan fingerprint density at radius 3 is 3.05 bits per heavy atom. The molecule has 3 aromatic rings. The number of rotatable bonds is 4. The summed E-state index contributed by atoms with van der Waals surface area (Å²) in [5.41, 5.74) is 2.56. The first-order valence-electron chi connectivity index (χ1n) is 6.26. The van der Waals surface area contributed by atoms with Crippen LogP contribution in [-0.4, -0.2) is 26.3 Å². The highest BCUT2D eigenvalue weighted by Gasteiger charge is 2.14. The molecule has 7 nitrogen and oxygen atoms in total. The molecule has 0 fully saturated rings. The maximum atomic E-state index is 11.9. The van der Waals surface area contributed by atoms with Crippen LogP contribution in [0.5, 0.6) is 0 Å². The van der Waals surface area contributed by atoms with Crippen molar-refractivity contribution < 1.29 is 9.53 Å². The molecule has 1 aromatic carbocycles. The summed E-state index contributed by atoms with van der Waals surface area (Å²) in [5.74, 6) is -0.249. The zero-order chi connectivity index (χ0) is 15.4. The Kier molecular flexibility index (Phi) is 3.89. The molecular formula is C14H9N5O2S. The maximum absolute atomic E-state index is 11.9. The second kappa shape index (κ2) is 6.15. The van der Waals surface area contributed by atoms with Gasteiger partial charge in [-0.2, -0.15) is 14.0 Å². The average Bonchev–Trinajstić information content (AvgIpc) is 3.01. The monoisotopic (exact) mass is 311 g/mol. The molecule has 108 valence electrons. The lowest BCUT2D eigenvalue weighted by Crippen LogP contribution is -2.09. The van der Waals surface area contributed by atoms with E-state index in [1.807, 2.05) is 18.2 Å². The number of esters is 1. The number of carbonyl (C=O) groups excluding carboxylic acids is 1. The van der Waals surface area contributed by atoms with Gasteiger partial charge in [0.05, 0.1) is 11.7 Å². The quantitative estimate of drug-likeness (QED) is 0.739. The zero-order valence-corrected chi connectivity index (χ0v) is 12.0. The van der Waals surface area contributed by atoms with E-state index in [0.717, 1.165) is 28.4 Å². The summed E-state index contributed by atoms with van der Waals surface area (Å²) in [6.07, 6.45) is 1.56. The lowest BCUT2D eigenvalue weighted by molar-refractivity contribution is 0.0556. The number of benzene rings is 1. The van der Waals surface area contributed by atoms with Gasteiger partial charge in [0, 0.05) is 11.9 Å². The first kappa shape index (κ1) is 13.9. The number of aromatic nitrogens is 3. The number of nitriles is 1. The Morgan fingerprint density at radius 1 is 1.32 bits per heavy atom. The van der Waals surface area contributed by atoms with Gasteiger partial charge in [-0.3, -0.25) is 0 Å². The van der Waals surface area contributed by atoms with Crippen LogP contribution in [-0.2, 0) is 4.74 Å². The molecule has 0 amide bonds. The predicted octanol–water partition coefficient (Wildman–Crippen LogP) is 2.51. The van der Waals surface area contributed by atoms with Gasteiger partial charge in [0.15, 0.2) is 6.61 Å². The minimum absolute atomic E-state index is 0.259. The SMILES string of the molecule is N#CCOC(=O)c1cccnc1Nc1ccc2nsnc2c1. The van der Waals surface area contributed by atoms with Crippen LogP contribution >= 0.6 is 11.7 Å². The summed E-state index contributed by atoms with van der Waals surface area (Å²) in [6.45, 7) is -0.302. The smallest absolute Gasteiger partial charge is 0.342 e. The molecule has 0 atom stereocenters. The summed E-state index contributed by atoms with van der Waals surface area (Å²) >= 11 is 1.14. The fourth-order valence-corrected chi connectivity index (χ4v) is 2.36. The number of anilines is 2. The van der Waals surface area contributed by atoms with Crippen LogP contribution < -0.4 is 5.32 Å². The number of fused-ring (bicyclic) bond motifs is 1. The van der Waals surface area contributed by atoms with Crippen LogP contribution in [0.3, 0.4) is 0 Å². The summed E-state index contributed by atoms with van der Waals surface area (Å²) in [7, 11) is 0. The van der Waals surface area contributed by atoms with Gasteiger partial charge in [-0.05, 0) is 30.3 Å². The van der Waals surface area contributed by atoms with Crippen molar-refractivity contribution in [2.45, 2.75) is 0 Å². The fraction of sp³-hybridized carbons (Fsp3) is 0.0714. The fourth-order valence-electron chi connectivity index (χ4n) is 1.84. The Hall–Kier alpha value is -3.05. The van der Waals surface area contributed by atoms with E-state index in [-0.39, 0.29) is 12.2 Å². The van der Waals surface area contributed by atoms with E-state index in [4.69, 9.17) is 10.00 Å². The van der Waals surface area contributed by atoms with Crippen molar-refractivity contribution in [3.05, 3.63) is 42.1 Å². The van der Waals surface area contributed by atoms with E-state index in [1.165, 1.54) is 0 Å². The number of hydrogen-bond acceptors (Lipinski definition) is 8. The van der Waals surface area contributed by atoms with E-state index < -0.39 is 5.97 Å². The minimum atomic E-state index is -0.603. The molecular weight excluding hydrogens is 302 g/mol. The predicted molar refractivity (Wildman–Crippen MR) is 80.8 cm³/mol. The molecule has 0 aliphatic heterocycles. The van der Waals surface area contributed by atoms with Gasteiger partial charge >= 0.3 is 5.97 Å². The van der Waals surface area contributed by atoms with Crippen molar-refractivity contribution in [2.24, 2.45) is 0 Å². The molecule has 0 aliphatic rings. The molecule has 2 aromatic heterocycles. The van der Waals surface area contributed by atoms with Crippen LogP contribution in [0.2, 0.25) is 0 Å². The highest BCUT2D eigenvalue weighted by Crippen LogP contribution is 2.22. The number of nitrogens with zero attached hydrogens (tertiary/aromatic N) is 4. The molecule has 3 rings (SSSR count). The van der Waals surface area contributed by atoms with Crippen molar-refractivity contribution in [1.29, 1.82) is 5.26 Å². The summed E-state index contributed by atoms with van der Waals surface area (Å²) in [6, 6.07) is 10.4. The lowest BCUT2D eigenvalue weighted by atomic mass is 10.2. The Labute approximate surface area is 129 Å². The Balaban J connectivity index is 1.88. The molecule has 1 N–H and O–H groups in total. The summed E-state index contributed by atoms with van der Waals surface area (Å²) < 4.78 is 13.1. The number of carbonyl (C=O) groups is 1. The van der Waals surface area contributed by atoms with Gasteiger partial charge < -0.3 is 10.1 Å². The standard InChI is InChI=1S/C14H9N5O2S/c15-5-7-21-14(20)10-2-1-6-16-13(10)17-9-3-4-11-12(8-9)19-22-18-11/h1-4,6,8H,7H2,(H,16,17). The highest BCUT2D eigenvalue weighted by molar-refractivity contribution is 7.00. The van der Waals surface area contributed by atoms with Gasteiger partial charge in [0.1, 0.15) is 28.5 Å². The van der Waals surface area contributed by atoms with Crippen LogP contribution in [0, 0.1) is 11.3 Å². The first-order chi connectivity index (χ1) is 10.8. The van der Waals surface area contributed by atoms with Crippen LogP contribution in [0.1, 0.15) is 10.4 Å². The molecule has 0 radical (unpaired) electrons. The Morgan fingerprint density at radius 2 is 2.18 bits per heavy atom. The molecule has 0 saturated heterocycles. The molecule has 8 heteroatoms. The third kappa shape index (κ3) is 2.84. The van der Waals surface area contributed by atoms with Crippen molar-refractivity contribution in [3.8, 4) is 6.07 Å². The maximum Gasteiger partial charge on any atom is 0.342 e. The number of nitrogens with one attached hydrogen (secondary N) is 1. The number of hydrogen-bond donors (Lipinski definition) is 1. The van der Waals surface area contributed by atoms with E-state index in [2.05, 4.69) is 19.0 Å². The van der Waals surface area contributed by atoms with Crippen molar-refractivity contribution in [2.75, 3.05) is 11.9 Å². The normalized spacial score (nSPS) is 10.1. The van der Waals surface area contributed by atoms with Gasteiger partial charge in [0.2, 0.25) is 0 Å². The van der Waals surface area contributed by atoms with Gasteiger partial charge in [0.25, 0.3) is 0 Å². The molecule has 22 heavy (non-hydrogen) atoms. The van der Waals surface area contributed by atoms with Gasteiger partial charge in [-0.15, -0.1) is 0 Å². The minimum Gasteiger partial charge on any atom is -0.447 e. The topological polar surface area (TPSA) is 101 Å². The van der Waals surface area contributed by atoms with E-state index >= 15 is 0 Å². The van der Waals surface area contributed by atoms with Gasteiger partial charge in [-0.1, -0.05) is 0 Å². The molecule has 0 bridgehead atoms. The summed E-state index contributed by atoms with van der Waals surface area (Å²) in [4.78, 5) is 16.1. The van der Waals surface area contributed by atoms with E-state index in [0.29, 0.717) is 5.82 Å². The number of ether oxygens (including phenoxy) is 1. The van der Waals surface area contributed by atoms with Gasteiger partial charge in [-0.25, -0.2) is 9.78 Å². The molecule has 0 unspecified atom stereocenters. The van der Waals surface area contributed by atoms with Crippen LogP contribution in [0.25, 0.3) is 11.0 Å².